The van der Waals surface area contributed by atoms with Crippen molar-refractivity contribution >= 4 is 0 Å². The van der Waals surface area contributed by atoms with Gasteiger partial charge in [0, 0.05) is 6.61 Å². The highest BCUT2D eigenvalue weighted by Crippen LogP contribution is 2.61. The normalized spacial score (nSPS) is 45.4. The summed E-state index contributed by atoms with van der Waals surface area (Å²) in [6.45, 7) is 10.2. The van der Waals surface area contributed by atoms with Crippen LogP contribution in [0.1, 0.15) is 66.2 Å². The van der Waals surface area contributed by atoms with E-state index in [2.05, 4.69) is 27.7 Å². The first-order chi connectivity index (χ1) is 7.92. The second-order valence-corrected chi connectivity index (χ2v) is 7.57. The quantitative estimate of drug-likeness (QED) is 0.762. The van der Waals surface area contributed by atoms with Crippen LogP contribution in [-0.4, -0.2) is 11.7 Å². The van der Waals surface area contributed by atoms with Gasteiger partial charge in [0.1, 0.15) is 0 Å². The molecule has 2 aliphatic carbocycles. The van der Waals surface area contributed by atoms with E-state index in [0.717, 1.165) is 24.2 Å². The molecule has 100 valence electrons. The predicted molar refractivity (Wildman–Crippen MR) is 72.8 cm³/mol. The third-order valence-corrected chi connectivity index (χ3v) is 6.16. The van der Waals surface area contributed by atoms with Gasteiger partial charge in [-0.2, -0.15) is 0 Å². The van der Waals surface area contributed by atoms with Crippen LogP contribution in [0.15, 0.2) is 0 Å². The Hall–Kier alpha value is -0.0400. The number of hydrogen-bond donors (Lipinski definition) is 1. The lowest BCUT2D eigenvalue weighted by atomic mass is 9.46. The van der Waals surface area contributed by atoms with Crippen molar-refractivity contribution in [2.75, 3.05) is 6.61 Å². The summed E-state index contributed by atoms with van der Waals surface area (Å²) in [5.74, 6) is 2.42. The fourth-order valence-corrected chi connectivity index (χ4v) is 5.36. The first-order valence-corrected chi connectivity index (χ1v) is 7.52. The number of rotatable bonds is 2. The summed E-state index contributed by atoms with van der Waals surface area (Å²) in [5.41, 5.74) is 1.00. The summed E-state index contributed by atoms with van der Waals surface area (Å²) in [6, 6.07) is 0. The van der Waals surface area contributed by atoms with Gasteiger partial charge in [0.15, 0.2) is 0 Å². The van der Waals surface area contributed by atoms with Crippen LogP contribution >= 0.6 is 0 Å². The van der Waals surface area contributed by atoms with Gasteiger partial charge in [0.05, 0.1) is 0 Å². The van der Waals surface area contributed by atoms with Crippen LogP contribution in [0.25, 0.3) is 0 Å². The van der Waals surface area contributed by atoms with E-state index in [1.807, 2.05) is 0 Å². The third kappa shape index (κ3) is 2.16. The smallest absolute Gasteiger partial charge is 0.0433 e. The molecule has 0 spiro atoms. The molecular weight excluding hydrogens is 208 g/mol. The van der Waals surface area contributed by atoms with Gasteiger partial charge in [0.25, 0.3) is 0 Å². The van der Waals surface area contributed by atoms with Gasteiger partial charge in [-0.3, -0.25) is 0 Å². The summed E-state index contributed by atoms with van der Waals surface area (Å²) < 4.78 is 0. The Morgan fingerprint density at radius 3 is 2.47 bits per heavy atom. The van der Waals surface area contributed by atoms with Crippen LogP contribution in [0, 0.1) is 28.6 Å². The van der Waals surface area contributed by atoms with Crippen molar-refractivity contribution in [2.45, 2.75) is 66.2 Å². The van der Waals surface area contributed by atoms with Crippen molar-refractivity contribution in [2.24, 2.45) is 28.6 Å². The monoisotopic (exact) mass is 238 g/mol. The Kier molecular flexibility index (Phi) is 3.60. The van der Waals surface area contributed by atoms with Gasteiger partial charge in [0.2, 0.25) is 0 Å². The van der Waals surface area contributed by atoms with Gasteiger partial charge in [-0.1, -0.05) is 40.5 Å². The largest absolute Gasteiger partial charge is 0.396 e. The van der Waals surface area contributed by atoms with E-state index >= 15 is 0 Å². The molecule has 2 rings (SSSR count). The molecule has 17 heavy (non-hydrogen) atoms. The van der Waals surface area contributed by atoms with E-state index in [-0.39, 0.29) is 0 Å². The van der Waals surface area contributed by atoms with Gasteiger partial charge in [-0.05, 0) is 54.3 Å². The standard InChI is InChI=1S/C16H30O/c1-12-6-7-14-15(2,3)9-5-10-16(14,4)13(12)8-11-17/h12-14,17H,5-11H2,1-4H3/t12-,13+,14+,16-/m1/s1. The van der Waals surface area contributed by atoms with Gasteiger partial charge in [-0.25, -0.2) is 0 Å². The highest BCUT2D eigenvalue weighted by molar-refractivity contribution is 5.02. The van der Waals surface area contributed by atoms with Gasteiger partial charge in [-0.15, -0.1) is 0 Å². The minimum absolute atomic E-state index is 0.373. The molecule has 0 aromatic rings. The third-order valence-electron chi connectivity index (χ3n) is 6.16. The molecule has 1 nitrogen and oxygen atoms in total. The minimum Gasteiger partial charge on any atom is -0.396 e. The lowest BCUT2D eigenvalue weighted by Gasteiger charge is -2.59. The van der Waals surface area contributed by atoms with Gasteiger partial charge >= 0.3 is 0 Å². The van der Waals surface area contributed by atoms with Crippen LogP contribution in [0.4, 0.5) is 0 Å². The van der Waals surface area contributed by atoms with Crippen molar-refractivity contribution in [1.29, 1.82) is 0 Å². The molecule has 2 fully saturated rings. The number of hydrogen-bond acceptors (Lipinski definition) is 1. The summed E-state index contributed by atoms with van der Waals surface area (Å²) in [7, 11) is 0. The maximum absolute atomic E-state index is 9.37. The average Bonchev–Trinajstić information content (AvgIpc) is 2.22. The van der Waals surface area contributed by atoms with Gasteiger partial charge < -0.3 is 5.11 Å². The Morgan fingerprint density at radius 2 is 1.82 bits per heavy atom. The summed E-state index contributed by atoms with van der Waals surface area (Å²) in [5, 5.41) is 9.37. The van der Waals surface area contributed by atoms with Crippen molar-refractivity contribution < 1.29 is 5.11 Å². The van der Waals surface area contributed by atoms with Crippen LogP contribution in [0.2, 0.25) is 0 Å². The van der Waals surface area contributed by atoms with Crippen LogP contribution < -0.4 is 0 Å². The Balaban J connectivity index is 2.28. The van der Waals surface area contributed by atoms with Crippen LogP contribution in [0.3, 0.4) is 0 Å². The topological polar surface area (TPSA) is 20.2 Å². The maximum Gasteiger partial charge on any atom is 0.0433 e. The molecule has 0 amide bonds. The van der Waals surface area contributed by atoms with Crippen LogP contribution in [-0.2, 0) is 0 Å². The molecule has 1 N–H and O–H groups in total. The van der Waals surface area contributed by atoms with E-state index in [1.165, 1.54) is 32.1 Å². The molecule has 0 aliphatic heterocycles. The maximum atomic E-state index is 9.37. The first-order valence-electron chi connectivity index (χ1n) is 7.52. The van der Waals surface area contributed by atoms with Crippen molar-refractivity contribution in [3.8, 4) is 0 Å². The lowest BCUT2D eigenvalue weighted by Crippen LogP contribution is -2.51. The summed E-state index contributed by atoms with van der Waals surface area (Å²) >= 11 is 0. The fourth-order valence-electron chi connectivity index (χ4n) is 5.36. The van der Waals surface area contributed by atoms with E-state index in [9.17, 15) is 5.11 Å². The Bertz CT molecular complexity index is 271. The molecule has 0 bridgehead atoms. The first kappa shape index (κ1) is 13.4. The Labute approximate surface area is 107 Å². The number of aliphatic hydroxyl groups excluding tert-OH is 1. The molecule has 4 atom stereocenters. The van der Waals surface area contributed by atoms with E-state index in [1.54, 1.807) is 0 Å². The lowest BCUT2D eigenvalue weighted by molar-refractivity contribution is -0.0991. The van der Waals surface area contributed by atoms with Crippen molar-refractivity contribution in [3.63, 3.8) is 0 Å². The predicted octanol–water partition coefficient (Wildman–Crippen LogP) is 4.25. The molecule has 2 saturated carbocycles. The second kappa shape index (κ2) is 4.57. The van der Waals surface area contributed by atoms with Crippen molar-refractivity contribution in [1.82, 2.24) is 0 Å². The zero-order valence-electron chi connectivity index (χ0n) is 12.1. The molecule has 1 heteroatoms. The molecule has 0 aromatic heterocycles. The van der Waals surface area contributed by atoms with Crippen LogP contribution in [0.5, 0.6) is 0 Å². The minimum atomic E-state index is 0.373. The van der Waals surface area contributed by atoms with E-state index in [4.69, 9.17) is 0 Å². The fraction of sp³-hybridized carbons (Fsp3) is 1.00. The number of fused-ring (bicyclic) bond motifs is 1. The Morgan fingerprint density at radius 1 is 1.12 bits per heavy atom. The summed E-state index contributed by atoms with van der Waals surface area (Å²) in [6.07, 6.45) is 7.96. The molecule has 0 aromatic carbocycles. The number of aliphatic hydroxyl groups is 1. The summed E-state index contributed by atoms with van der Waals surface area (Å²) in [4.78, 5) is 0. The average molecular weight is 238 g/mol. The molecule has 0 heterocycles. The molecule has 0 unspecified atom stereocenters. The molecule has 2 aliphatic rings. The van der Waals surface area contributed by atoms with E-state index in [0.29, 0.717) is 17.4 Å². The highest BCUT2D eigenvalue weighted by atomic mass is 16.3. The second-order valence-electron chi connectivity index (χ2n) is 7.57. The van der Waals surface area contributed by atoms with Crippen molar-refractivity contribution in [3.05, 3.63) is 0 Å². The van der Waals surface area contributed by atoms with E-state index < -0.39 is 0 Å². The zero-order chi connectivity index (χ0) is 12.7. The zero-order valence-corrected chi connectivity index (χ0v) is 12.1. The molecular formula is C16H30O. The molecule has 0 radical (unpaired) electrons. The SMILES string of the molecule is C[C@@H]1CC[C@H]2C(C)(C)CCC[C@]2(C)[C@H]1CCO. The molecule has 0 saturated heterocycles. The highest BCUT2D eigenvalue weighted by Gasteiger charge is 2.53.